The Morgan fingerprint density at radius 1 is 0.869 bits per heavy atom. The van der Waals surface area contributed by atoms with E-state index in [-0.39, 0.29) is 68.0 Å². The second-order valence-corrected chi connectivity index (χ2v) is 16.7. The number of para-hydroxylation sites is 1. The summed E-state index contributed by atoms with van der Waals surface area (Å²) in [7, 11) is 1.40. The molecule has 0 spiro atoms. The Balaban J connectivity index is 0.000000230. The summed E-state index contributed by atoms with van der Waals surface area (Å²) in [5.74, 6) is -0.577. The van der Waals surface area contributed by atoms with Crippen molar-refractivity contribution in [2.45, 2.75) is 104 Å². The summed E-state index contributed by atoms with van der Waals surface area (Å²) >= 11 is 0. The molecule has 1 aromatic heterocycles. The van der Waals surface area contributed by atoms with Crippen molar-refractivity contribution in [1.82, 2.24) is 29.5 Å². The number of H-pyrrole nitrogens is 1. The minimum Gasteiger partial charge on any atom is -0.463 e. The molecule has 2 aromatic carbocycles. The van der Waals surface area contributed by atoms with Gasteiger partial charge in [0, 0.05) is 69.4 Å². The number of amides is 5. The maximum Gasteiger partial charge on any atom is 0.417 e. The largest absolute Gasteiger partial charge is 0.463 e. The van der Waals surface area contributed by atoms with Crippen LogP contribution in [0.1, 0.15) is 82.4 Å². The van der Waals surface area contributed by atoms with Crippen LogP contribution in [-0.4, -0.2) is 144 Å². The number of piperidine rings is 2. The Kier molecular flexibility index (Phi) is 15.1. The number of carbonyl (C=O) groups excluding carboxylic acids is 5. The van der Waals surface area contributed by atoms with Gasteiger partial charge in [-0.1, -0.05) is 38.6 Å². The van der Waals surface area contributed by atoms with Crippen LogP contribution < -0.4 is 11.1 Å². The Labute approximate surface area is 357 Å². The number of nitrogens with one attached hydrogen (secondary N) is 2. The van der Waals surface area contributed by atoms with E-state index in [1.807, 2.05) is 54.0 Å². The fourth-order valence-electron chi connectivity index (χ4n) is 9.58. The van der Waals surface area contributed by atoms with Crippen LogP contribution in [0.3, 0.4) is 0 Å². The summed E-state index contributed by atoms with van der Waals surface area (Å²) < 4.78 is 15.5. The molecule has 16 heteroatoms. The van der Waals surface area contributed by atoms with Crippen LogP contribution in [0.5, 0.6) is 0 Å². The fraction of sp³-hybridized carbons (Fsp3) is 0.600. The number of nitrogens with zero attached hydrogens (tertiary/aromatic N) is 5. The minimum atomic E-state index is -0.473. The molecular formula is C45H63N7O9. The van der Waals surface area contributed by atoms with E-state index in [4.69, 9.17) is 13.9 Å². The number of ether oxygens (including phenoxy) is 2. The molecule has 332 valence electrons. The first kappa shape index (κ1) is 45.2. The molecule has 3 aromatic rings. The number of aryl methyl sites for hydroxylation is 1. The highest BCUT2D eigenvalue weighted by Crippen LogP contribution is 2.29. The number of hydrogen-bond acceptors (Lipinski definition) is 10. The van der Waals surface area contributed by atoms with Crippen molar-refractivity contribution in [2.24, 2.45) is 5.92 Å². The third-order valence-corrected chi connectivity index (χ3v) is 12.8. The molecule has 61 heavy (non-hydrogen) atoms. The highest BCUT2D eigenvalue weighted by atomic mass is 16.5. The second-order valence-electron chi connectivity index (χ2n) is 16.7. The molecule has 0 unspecified atom stereocenters. The second kappa shape index (κ2) is 20.5. The van der Waals surface area contributed by atoms with Crippen molar-refractivity contribution in [2.75, 3.05) is 71.4 Å². The van der Waals surface area contributed by atoms with E-state index < -0.39 is 5.76 Å². The Morgan fingerprint density at radius 2 is 1.59 bits per heavy atom. The van der Waals surface area contributed by atoms with Crippen LogP contribution in [0.2, 0.25) is 0 Å². The lowest BCUT2D eigenvalue weighted by atomic mass is 9.96. The van der Waals surface area contributed by atoms with Gasteiger partial charge in [0.1, 0.15) is 12.6 Å². The van der Waals surface area contributed by atoms with Crippen molar-refractivity contribution in [3.63, 3.8) is 0 Å². The van der Waals surface area contributed by atoms with Gasteiger partial charge in [-0.15, -0.1) is 0 Å². The number of carbonyl (C=O) groups is 5. The predicted molar refractivity (Wildman–Crippen MR) is 230 cm³/mol. The maximum atomic E-state index is 13.2. The SMILES string of the molecule is C.COC(=O)N1CCC(N2CCc3ccccc3NC2=O)CC1.Cc1cc(C[C@@H](C)C(=O)N2CCC(N3CCC[C@H]3C(=O)OCCN3CCCC3=O)CC2)cc2oc(=O)[nH]c12. The molecule has 5 aliphatic heterocycles. The van der Waals surface area contributed by atoms with Crippen LogP contribution in [0, 0.1) is 12.8 Å². The monoisotopic (exact) mass is 845 g/mol. The summed E-state index contributed by atoms with van der Waals surface area (Å²) in [6, 6.07) is 11.9. The zero-order valence-electron chi connectivity index (χ0n) is 35.1. The first-order chi connectivity index (χ1) is 29.0. The lowest BCUT2D eigenvalue weighted by Gasteiger charge is -2.39. The van der Waals surface area contributed by atoms with Crippen molar-refractivity contribution in [3.8, 4) is 0 Å². The molecular weight excluding hydrogens is 783 g/mol. The highest BCUT2D eigenvalue weighted by Gasteiger charge is 2.39. The summed E-state index contributed by atoms with van der Waals surface area (Å²) in [5, 5.41) is 3.00. The number of benzene rings is 2. The van der Waals surface area contributed by atoms with E-state index in [0.717, 1.165) is 81.3 Å². The molecule has 5 amide bonds. The number of urea groups is 1. The van der Waals surface area contributed by atoms with Gasteiger partial charge in [0.2, 0.25) is 11.8 Å². The number of aromatic nitrogens is 1. The Morgan fingerprint density at radius 3 is 2.31 bits per heavy atom. The van der Waals surface area contributed by atoms with Gasteiger partial charge in [-0.25, -0.2) is 14.4 Å². The van der Waals surface area contributed by atoms with E-state index in [1.165, 1.54) is 12.7 Å². The normalized spacial score (nSPS) is 20.6. The van der Waals surface area contributed by atoms with E-state index in [2.05, 4.69) is 21.3 Å². The van der Waals surface area contributed by atoms with Crippen LogP contribution >= 0.6 is 0 Å². The summed E-state index contributed by atoms with van der Waals surface area (Å²) in [4.78, 5) is 85.7. The summed E-state index contributed by atoms with van der Waals surface area (Å²) in [6.45, 7) is 9.55. The third kappa shape index (κ3) is 10.7. The van der Waals surface area contributed by atoms with Gasteiger partial charge >= 0.3 is 23.8 Å². The van der Waals surface area contributed by atoms with Gasteiger partial charge in [0.25, 0.3) is 0 Å². The molecule has 5 aliphatic rings. The van der Waals surface area contributed by atoms with Gasteiger partial charge in [-0.2, -0.15) is 0 Å². The minimum absolute atomic E-state index is 0. The number of esters is 1. The van der Waals surface area contributed by atoms with E-state index in [9.17, 15) is 28.8 Å². The van der Waals surface area contributed by atoms with E-state index in [1.54, 1.807) is 9.80 Å². The number of aromatic amines is 1. The molecule has 4 fully saturated rings. The molecule has 0 radical (unpaired) electrons. The molecule has 16 nitrogen and oxygen atoms in total. The molecule has 2 atom stereocenters. The molecule has 6 heterocycles. The van der Waals surface area contributed by atoms with Crippen LogP contribution in [0.15, 0.2) is 45.6 Å². The van der Waals surface area contributed by atoms with Gasteiger partial charge in [0.15, 0.2) is 5.58 Å². The third-order valence-electron chi connectivity index (χ3n) is 12.8. The average Bonchev–Trinajstić information content (AvgIpc) is 3.98. The van der Waals surface area contributed by atoms with Crippen molar-refractivity contribution in [1.29, 1.82) is 0 Å². The van der Waals surface area contributed by atoms with Crippen LogP contribution in [-0.2, 0) is 36.7 Å². The smallest absolute Gasteiger partial charge is 0.417 e. The van der Waals surface area contributed by atoms with Gasteiger partial charge in [0.05, 0.1) is 19.2 Å². The lowest BCUT2D eigenvalue weighted by molar-refractivity contribution is -0.151. The Hall–Kier alpha value is -5.38. The van der Waals surface area contributed by atoms with E-state index >= 15 is 0 Å². The first-order valence-electron chi connectivity index (χ1n) is 21.6. The van der Waals surface area contributed by atoms with E-state index in [0.29, 0.717) is 63.2 Å². The van der Waals surface area contributed by atoms with Crippen molar-refractivity contribution < 1.29 is 37.9 Å². The lowest BCUT2D eigenvalue weighted by Crippen LogP contribution is -2.51. The fourth-order valence-corrected chi connectivity index (χ4v) is 9.58. The average molecular weight is 846 g/mol. The number of anilines is 1. The van der Waals surface area contributed by atoms with Gasteiger partial charge in [-0.05, 0) is 100 Å². The Bertz CT molecular complexity index is 2080. The molecule has 8 rings (SSSR count). The molecule has 0 bridgehead atoms. The zero-order valence-corrected chi connectivity index (χ0v) is 35.1. The molecule has 0 saturated carbocycles. The highest BCUT2D eigenvalue weighted by molar-refractivity contribution is 5.91. The van der Waals surface area contributed by atoms with Gasteiger partial charge in [-0.3, -0.25) is 24.3 Å². The summed E-state index contributed by atoms with van der Waals surface area (Å²) in [6.07, 6.45) is 7.63. The standard InChI is InChI=1S/C28H38N4O6.C16H21N3O3.CH4/c1-18-15-20(17-23-25(18)29-28(36)38-23)16-19(2)26(34)31-11-7-21(8-12-31)32-10-3-5-22(32)27(35)37-14-13-30-9-4-6-24(30)33;1-22-16(21)18-9-7-13(8-10-18)19-11-6-12-4-2-3-5-14(12)17-15(19)20;/h15,17,19,21-22H,3-14,16H2,1-2H3,(H,29,36);2-5,13H,6-11H2,1H3,(H,17,20);1H4/t19-,22+;;/m1../s1. The molecule has 4 saturated heterocycles. The number of fused-ring (bicyclic) bond motifs is 2. The first-order valence-corrected chi connectivity index (χ1v) is 21.6. The van der Waals surface area contributed by atoms with Crippen LogP contribution in [0.4, 0.5) is 15.3 Å². The van der Waals surface area contributed by atoms with Crippen LogP contribution in [0.25, 0.3) is 11.1 Å². The number of rotatable bonds is 9. The number of likely N-dealkylation sites (tertiary alicyclic amines) is 4. The predicted octanol–water partition coefficient (Wildman–Crippen LogP) is 5.17. The number of methoxy groups -OCH3 is 1. The summed E-state index contributed by atoms with van der Waals surface area (Å²) in [5.41, 5.74) is 5.19. The molecule has 0 aliphatic carbocycles. The zero-order chi connectivity index (χ0) is 42.3. The number of oxazole rings is 1. The van der Waals surface area contributed by atoms with Gasteiger partial charge < -0.3 is 38.8 Å². The van der Waals surface area contributed by atoms with Crippen molar-refractivity contribution >= 4 is 46.7 Å². The maximum absolute atomic E-state index is 13.2. The number of hydrogen-bond donors (Lipinski definition) is 2. The molecule has 2 N–H and O–H groups in total. The van der Waals surface area contributed by atoms with Crippen molar-refractivity contribution in [3.05, 3.63) is 63.6 Å². The quantitative estimate of drug-likeness (QED) is 0.273. The topological polar surface area (TPSA) is 178 Å².